The van der Waals surface area contributed by atoms with Crippen LogP contribution in [-0.4, -0.2) is 17.1 Å². The van der Waals surface area contributed by atoms with Gasteiger partial charge in [-0.25, -0.2) is 9.97 Å². The molecule has 0 saturated heterocycles. The van der Waals surface area contributed by atoms with Crippen LogP contribution in [0.5, 0.6) is 5.88 Å². The third-order valence-electron chi connectivity index (χ3n) is 2.95. The number of nitrogens with zero attached hydrogens (tertiary/aromatic N) is 2. The van der Waals surface area contributed by atoms with Crippen LogP contribution >= 0.6 is 0 Å². The maximum atomic E-state index is 12.6. The van der Waals surface area contributed by atoms with Crippen molar-refractivity contribution in [2.24, 2.45) is 0 Å². The van der Waals surface area contributed by atoms with Crippen LogP contribution in [0.3, 0.4) is 0 Å². The van der Waals surface area contributed by atoms with Gasteiger partial charge in [0.05, 0.1) is 18.2 Å². The van der Waals surface area contributed by atoms with Gasteiger partial charge in [0, 0.05) is 6.54 Å². The molecule has 0 amide bonds. The Bertz CT molecular complexity index is 629. The standard InChI is InChI=1S/C14H14F3N3O/c1-9-12(19-8-20-13(9)21-2)18-7-10-4-3-5-11(6-10)14(15,16)17/h3-6,8H,7H2,1-2H3,(H,18,19,20). The Labute approximate surface area is 120 Å². The Balaban J connectivity index is 2.14. The van der Waals surface area contributed by atoms with Gasteiger partial charge in [-0.15, -0.1) is 0 Å². The van der Waals surface area contributed by atoms with E-state index < -0.39 is 11.7 Å². The Kier molecular flexibility index (Phi) is 4.30. The van der Waals surface area contributed by atoms with Crippen LogP contribution in [0.25, 0.3) is 0 Å². The number of aromatic nitrogens is 2. The Morgan fingerprint density at radius 1 is 1.24 bits per heavy atom. The first kappa shape index (κ1) is 15.1. The Morgan fingerprint density at radius 2 is 2.00 bits per heavy atom. The van der Waals surface area contributed by atoms with Crippen LogP contribution in [0, 0.1) is 6.92 Å². The Morgan fingerprint density at radius 3 is 2.67 bits per heavy atom. The van der Waals surface area contributed by atoms with Gasteiger partial charge in [-0.2, -0.15) is 13.2 Å². The predicted molar refractivity (Wildman–Crippen MR) is 72.1 cm³/mol. The molecule has 0 aliphatic carbocycles. The molecule has 0 bridgehead atoms. The summed E-state index contributed by atoms with van der Waals surface area (Å²) in [6.07, 6.45) is -3.01. The summed E-state index contributed by atoms with van der Waals surface area (Å²) in [5.41, 5.74) is 0.549. The molecule has 7 heteroatoms. The number of hydrogen-bond donors (Lipinski definition) is 1. The topological polar surface area (TPSA) is 47.0 Å². The maximum absolute atomic E-state index is 12.6. The summed E-state index contributed by atoms with van der Waals surface area (Å²) in [7, 11) is 1.49. The largest absolute Gasteiger partial charge is 0.481 e. The van der Waals surface area contributed by atoms with Gasteiger partial charge in [0.15, 0.2) is 0 Å². The molecule has 2 rings (SSSR count). The SMILES string of the molecule is COc1ncnc(NCc2cccc(C(F)(F)F)c2)c1C. The van der Waals surface area contributed by atoms with Crippen molar-refractivity contribution in [1.29, 1.82) is 0 Å². The van der Waals surface area contributed by atoms with E-state index in [4.69, 9.17) is 4.74 Å². The molecule has 0 spiro atoms. The van der Waals surface area contributed by atoms with E-state index in [1.54, 1.807) is 13.0 Å². The van der Waals surface area contributed by atoms with Gasteiger partial charge < -0.3 is 10.1 Å². The van der Waals surface area contributed by atoms with Gasteiger partial charge in [0.1, 0.15) is 12.1 Å². The van der Waals surface area contributed by atoms with E-state index in [2.05, 4.69) is 15.3 Å². The molecule has 0 aliphatic heterocycles. The molecule has 0 fully saturated rings. The monoisotopic (exact) mass is 297 g/mol. The zero-order valence-corrected chi connectivity index (χ0v) is 11.5. The fourth-order valence-corrected chi connectivity index (χ4v) is 1.86. The second kappa shape index (κ2) is 5.99. The molecule has 0 unspecified atom stereocenters. The third kappa shape index (κ3) is 3.62. The molecule has 0 radical (unpaired) electrons. The predicted octanol–water partition coefficient (Wildman–Crippen LogP) is 3.42. The van der Waals surface area contributed by atoms with Crippen molar-refractivity contribution in [3.05, 3.63) is 47.3 Å². The molecule has 1 heterocycles. The van der Waals surface area contributed by atoms with Gasteiger partial charge >= 0.3 is 6.18 Å². The van der Waals surface area contributed by atoms with Crippen LogP contribution in [0.15, 0.2) is 30.6 Å². The lowest BCUT2D eigenvalue weighted by atomic mass is 10.1. The van der Waals surface area contributed by atoms with E-state index in [-0.39, 0.29) is 6.54 Å². The van der Waals surface area contributed by atoms with Crippen molar-refractivity contribution in [3.8, 4) is 5.88 Å². The van der Waals surface area contributed by atoms with Crippen molar-refractivity contribution in [1.82, 2.24) is 9.97 Å². The highest BCUT2D eigenvalue weighted by Crippen LogP contribution is 2.29. The summed E-state index contributed by atoms with van der Waals surface area (Å²) in [6, 6.07) is 5.16. The summed E-state index contributed by atoms with van der Waals surface area (Å²) in [5.74, 6) is 0.954. The van der Waals surface area contributed by atoms with E-state index in [1.165, 1.54) is 19.5 Å². The number of halogens is 3. The molecular weight excluding hydrogens is 283 g/mol. The lowest BCUT2D eigenvalue weighted by Crippen LogP contribution is -2.08. The zero-order chi connectivity index (χ0) is 15.5. The highest BCUT2D eigenvalue weighted by molar-refractivity contribution is 5.48. The van der Waals surface area contributed by atoms with E-state index in [0.717, 1.165) is 12.1 Å². The number of nitrogens with one attached hydrogen (secondary N) is 1. The van der Waals surface area contributed by atoms with E-state index in [9.17, 15) is 13.2 Å². The first-order chi connectivity index (χ1) is 9.91. The first-order valence-electron chi connectivity index (χ1n) is 6.17. The van der Waals surface area contributed by atoms with Crippen LogP contribution in [-0.2, 0) is 12.7 Å². The number of rotatable bonds is 4. The number of alkyl halides is 3. The third-order valence-corrected chi connectivity index (χ3v) is 2.95. The van der Waals surface area contributed by atoms with Gasteiger partial charge in [0.25, 0.3) is 0 Å². The summed E-state index contributed by atoms with van der Waals surface area (Å²) in [5, 5.41) is 2.98. The van der Waals surface area contributed by atoms with E-state index >= 15 is 0 Å². The molecule has 1 aromatic carbocycles. The number of benzene rings is 1. The van der Waals surface area contributed by atoms with Gasteiger partial charge in [-0.05, 0) is 24.6 Å². The zero-order valence-electron chi connectivity index (χ0n) is 11.5. The van der Waals surface area contributed by atoms with Crippen molar-refractivity contribution in [2.75, 3.05) is 12.4 Å². The highest BCUT2D eigenvalue weighted by Gasteiger charge is 2.30. The summed E-state index contributed by atoms with van der Waals surface area (Å²) in [6.45, 7) is 2.00. The minimum atomic E-state index is -4.34. The molecule has 1 aromatic heterocycles. The van der Waals surface area contributed by atoms with Crippen LogP contribution < -0.4 is 10.1 Å². The normalized spacial score (nSPS) is 11.3. The van der Waals surface area contributed by atoms with E-state index in [0.29, 0.717) is 22.8 Å². The van der Waals surface area contributed by atoms with Gasteiger partial charge in [-0.1, -0.05) is 12.1 Å². The smallest absolute Gasteiger partial charge is 0.416 e. The van der Waals surface area contributed by atoms with Gasteiger partial charge in [-0.3, -0.25) is 0 Å². The lowest BCUT2D eigenvalue weighted by molar-refractivity contribution is -0.137. The molecule has 0 saturated carbocycles. The number of methoxy groups -OCH3 is 1. The molecule has 21 heavy (non-hydrogen) atoms. The fraction of sp³-hybridized carbons (Fsp3) is 0.286. The fourth-order valence-electron chi connectivity index (χ4n) is 1.86. The molecular formula is C14H14F3N3O. The molecule has 112 valence electrons. The quantitative estimate of drug-likeness (QED) is 0.939. The number of ether oxygens (including phenoxy) is 1. The minimum absolute atomic E-state index is 0.227. The maximum Gasteiger partial charge on any atom is 0.416 e. The molecule has 2 aromatic rings. The second-order valence-corrected chi connectivity index (χ2v) is 4.41. The van der Waals surface area contributed by atoms with Gasteiger partial charge in [0.2, 0.25) is 5.88 Å². The molecule has 0 aliphatic rings. The number of anilines is 1. The van der Waals surface area contributed by atoms with Crippen molar-refractivity contribution >= 4 is 5.82 Å². The average Bonchev–Trinajstić information content (AvgIpc) is 2.45. The van der Waals surface area contributed by atoms with Crippen LogP contribution in [0.1, 0.15) is 16.7 Å². The summed E-state index contributed by atoms with van der Waals surface area (Å²) in [4.78, 5) is 7.99. The lowest BCUT2D eigenvalue weighted by Gasteiger charge is -2.12. The van der Waals surface area contributed by atoms with Crippen molar-refractivity contribution in [3.63, 3.8) is 0 Å². The highest BCUT2D eigenvalue weighted by atomic mass is 19.4. The Hall–Kier alpha value is -2.31. The average molecular weight is 297 g/mol. The van der Waals surface area contributed by atoms with Crippen LogP contribution in [0.4, 0.5) is 19.0 Å². The summed E-state index contributed by atoms with van der Waals surface area (Å²) >= 11 is 0. The van der Waals surface area contributed by atoms with Crippen molar-refractivity contribution < 1.29 is 17.9 Å². The minimum Gasteiger partial charge on any atom is -0.481 e. The van der Waals surface area contributed by atoms with Crippen molar-refractivity contribution in [2.45, 2.75) is 19.6 Å². The molecule has 4 nitrogen and oxygen atoms in total. The molecule has 0 atom stereocenters. The second-order valence-electron chi connectivity index (χ2n) is 4.41. The van der Waals surface area contributed by atoms with Crippen LogP contribution in [0.2, 0.25) is 0 Å². The first-order valence-corrected chi connectivity index (χ1v) is 6.17. The molecule has 1 N–H and O–H groups in total. The van der Waals surface area contributed by atoms with E-state index in [1.807, 2.05) is 0 Å². The summed E-state index contributed by atoms with van der Waals surface area (Å²) < 4.78 is 43.0. The number of hydrogen-bond acceptors (Lipinski definition) is 4.